The van der Waals surface area contributed by atoms with Crippen LogP contribution in [0.4, 0.5) is 0 Å². The molecule has 1 aromatic heterocycles. The predicted octanol–water partition coefficient (Wildman–Crippen LogP) is 3.53. The minimum Gasteiger partial charge on any atom is -0.506 e. The summed E-state index contributed by atoms with van der Waals surface area (Å²) >= 11 is 2.84. The molecule has 0 aliphatic rings. The zero-order chi connectivity index (χ0) is 13.0. The van der Waals surface area contributed by atoms with Crippen LogP contribution in [-0.4, -0.2) is 18.2 Å². The van der Waals surface area contributed by atoms with Gasteiger partial charge in [0.25, 0.3) is 0 Å². The number of carbonyl (C=O) groups is 1. The number of carbonyl (C=O) groups excluding carboxylic acids is 1. The summed E-state index contributed by atoms with van der Waals surface area (Å²) in [5.41, 5.74) is 1.20. The minimum absolute atomic E-state index is 0.0117. The smallest absolute Gasteiger partial charge is 0.351 e. The molecule has 3 nitrogen and oxygen atoms in total. The molecule has 0 bridgehead atoms. The van der Waals surface area contributed by atoms with E-state index in [4.69, 9.17) is 0 Å². The van der Waals surface area contributed by atoms with Gasteiger partial charge in [0.1, 0.15) is 5.75 Å². The van der Waals surface area contributed by atoms with Gasteiger partial charge in [-0.3, -0.25) is 0 Å². The Labute approximate surface area is 113 Å². The number of rotatable bonds is 4. The molecule has 1 aromatic carbocycles. The molecule has 0 unspecified atom stereocenters. The minimum atomic E-state index is -0.496. The van der Waals surface area contributed by atoms with Crippen molar-refractivity contribution in [1.29, 1.82) is 0 Å². The second-order valence-corrected chi connectivity index (χ2v) is 5.87. The molecule has 2 rings (SSSR count). The second kappa shape index (κ2) is 5.93. The third-order valence-corrected chi connectivity index (χ3v) is 4.67. The van der Waals surface area contributed by atoms with E-state index in [0.29, 0.717) is 0 Å². The highest BCUT2D eigenvalue weighted by Gasteiger charge is 2.16. The fourth-order valence-electron chi connectivity index (χ4n) is 1.40. The van der Waals surface area contributed by atoms with E-state index in [1.54, 1.807) is 17.8 Å². The average Bonchev–Trinajstić information content (AvgIpc) is 2.78. The van der Waals surface area contributed by atoms with Crippen molar-refractivity contribution in [3.8, 4) is 5.75 Å². The summed E-state index contributed by atoms with van der Waals surface area (Å²) in [7, 11) is 1.30. The van der Waals surface area contributed by atoms with Crippen molar-refractivity contribution >= 4 is 29.1 Å². The fraction of sp³-hybridized carbons (Fsp3) is 0.154. The lowest BCUT2D eigenvalue weighted by atomic mass is 10.2. The highest BCUT2D eigenvalue weighted by Crippen LogP contribution is 2.36. The molecule has 0 saturated heterocycles. The molecule has 0 spiro atoms. The molecule has 0 radical (unpaired) electrons. The van der Waals surface area contributed by atoms with Crippen LogP contribution in [0.15, 0.2) is 40.6 Å². The molecule has 1 heterocycles. The van der Waals surface area contributed by atoms with Crippen LogP contribution in [0.5, 0.6) is 5.75 Å². The number of thiophene rings is 1. The lowest BCUT2D eigenvalue weighted by molar-refractivity contribution is 0.0603. The Morgan fingerprint density at radius 3 is 2.78 bits per heavy atom. The Bertz CT molecular complexity index is 534. The van der Waals surface area contributed by atoms with Crippen LogP contribution in [0, 0.1) is 0 Å². The first-order valence-electron chi connectivity index (χ1n) is 5.28. The Morgan fingerprint density at radius 2 is 2.11 bits per heavy atom. The predicted molar refractivity (Wildman–Crippen MR) is 73.3 cm³/mol. The van der Waals surface area contributed by atoms with Crippen LogP contribution in [0.3, 0.4) is 0 Å². The number of benzene rings is 1. The molecule has 1 N–H and O–H groups in total. The zero-order valence-electron chi connectivity index (χ0n) is 9.75. The van der Waals surface area contributed by atoms with Gasteiger partial charge < -0.3 is 9.84 Å². The number of ether oxygens (including phenoxy) is 1. The summed E-state index contributed by atoms with van der Waals surface area (Å²) in [6.45, 7) is 0. The number of hydrogen-bond donors (Lipinski definition) is 1. The van der Waals surface area contributed by atoms with Crippen LogP contribution in [0.1, 0.15) is 15.2 Å². The largest absolute Gasteiger partial charge is 0.506 e. The summed E-state index contributed by atoms with van der Waals surface area (Å²) in [6, 6.07) is 11.6. The first-order valence-corrected chi connectivity index (χ1v) is 7.08. The van der Waals surface area contributed by atoms with E-state index in [9.17, 15) is 9.90 Å². The molecular formula is C13H12O3S2. The van der Waals surface area contributed by atoms with Crippen molar-refractivity contribution in [2.75, 3.05) is 7.11 Å². The molecule has 2 aromatic rings. The Morgan fingerprint density at radius 1 is 1.39 bits per heavy atom. The first-order chi connectivity index (χ1) is 8.70. The van der Waals surface area contributed by atoms with Crippen molar-refractivity contribution in [3.63, 3.8) is 0 Å². The number of esters is 1. The van der Waals surface area contributed by atoms with Gasteiger partial charge in [-0.05, 0) is 5.56 Å². The number of methoxy groups -OCH3 is 1. The van der Waals surface area contributed by atoms with E-state index in [1.807, 2.05) is 30.3 Å². The number of hydrogen-bond acceptors (Lipinski definition) is 5. The molecule has 18 heavy (non-hydrogen) atoms. The second-order valence-electron chi connectivity index (χ2n) is 3.55. The maximum absolute atomic E-state index is 11.3. The average molecular weight is 280 g/mol. The maximum Gasteiger partial charge on any atom is 0.351 e. The quantitative estimate of drug-likeness (QED) is 0.687. The van der Waals surface area contributed by atoms with E-state index in [-0.39, 0.29) is 10.6 Å². The summed E-state index contributed by atoms with van der Waals surface area (Å²) < 4.78 is 5.50. The summed E-state index contributed by atoms with van der Waals surface area (Å²) in [5, 5.41) is 9.63. The summed E-state index contributed by atoms with van der Waals surface area (Å²) in [4.78, 5) is 11.6. The van der Waals surface area contributed by atoms with Crippen molar-refractivity contribution in [2.45, 2.75) is 9.96 Å². The van der Waals surface area contributed by atoms with Gasteiger partial charge in [-0.15, -0.1) is 23.1 Å². The zero-order valence-corrected chi connectivity index (χ0v) is 11.4. The molecule has 0 aliphatic heterocycles. The normalized spacial score (nSPS) is 10.3. The standard InChI is InChI=1S/C13H12O3S2/c1-16-13(15)12-10(14)7-11(18-12)17-8-9-5-3-2-4-6-9/h2-7,14H,8H2,1H3. The van der Waals surface area contributed by atoms with Gasteiger partial charge in [-0.25, -0.2) is 4.79 Å². The van der Waals surface area contributed by atoms with Crippen molar-refractivity contribution in [3.05, 3.63) is 46.8 Å². The number of aromatic hydroxyl groups is 1. The molecule has 0 atom stereocenters. The van der Waals surface area contributed by atoms with Gasteiger partial charge in [-0.1, -0.05) is 30.3 Å². The Balaban J connectivity index is 2.05. The highest BCUT2D eigenvalue weighted by molar-refractivity contribution is 8.00. The van der Waals surface area contributed by atoms with Crippen LogP contribution in [0.2, 0.25) is 0 Å². The number of thioether (sulfide) groups is 1. The fourth-order valence-corrected chi connectivity index (χ4v) is 3.46. The van der Waals surface area contributed by atoms with Gasteiger partial charge in [0.15, 0.2) is 4.88 Å². The molecule has 5 heteroatoms. The molecule has 0 fully saturated rings. The molecular weight excluding hydrogens is 268 g/mol. The van der Waals surface area contributed by atoms with Crippen LogP contribution < -0.4 is 0 Å². The highest BCUT2D eigenvalue weighted by atomic mass is 32.2. The van der Waals surface area contributed by atoms with E-state index < -0.39 is 5.97 Å². The van der Waals surface area contributed by atoms with Crippen molar-refractivity contribution in [1.82, 2.24) is 0 Å². The maximum atomic E-state index is 11.3. The van der Waals surface area contributed by atoms with Gasteiger partial charge in [0, 0.05) is 11.8 Å². The van der Waals surface area contributed by atoms with Gasteiger partial charge in [0.05, 0.1) is 11.3 Å². The molecule has 0 aliphatic carbocycles. The van der Waals surface area contributed by atoms with Crippen molar-refractivity contribution < 1.29 is 14.6 Å². The summed E-state index contributed by atoms with van der Waals surface area (Å²) in [6.07, 6.45) is 0. The third-order valence-electron chi connectivity index (χ3n) is 2.28. The Kier molecular flexibility index (Phi) is 4.28. The lowest BCUT2D eigenvalue weighted by Crippen LogP contribution is -1.97. The van der Waals surface area contributed by atoms with Crippen molar-refractivity contribution in [2.24, 2.45) is 0 Å². The molecule has 0 amide bonds. The van der Waals surface area contributed by atoms with Crippen LogP contribution in [0.25, 0.3) is 0 Å². The van der Waals surface area contributed by atoms with Gasteiger partial charge >= 0.3 is 5.97 Å². The van der Waals surface area contributed by atoms with E-state index in [2.05, 4.69) is 4.74 Å². The third kappa shape index (κ3) is 3.05. The van der Waals surface area contributed by atoms with E-state index in [1.165, 1.54) is 24.0 Å². The van der Waals surface area contributed by atoms with Gasteiger partial charge in [-0.2, -0.15) is 0 Å². The molecule has 94 valence electrons. The Hall–Kier alpha value is -1.46. The SMILES string of the molecule is COC(=O)c1sc(SCc2ccccc2)cc1O. The summed E-state index contributed by atoms with van der Waals surface area (Å²) in [5.74, 6) is 0.299. The lowest BCUT2D eigenvalue weighted by Gasteiger charge is -1.98. The monoisotopic (exact) mass is 280 g/mol. The van der Waals surface area contributed by atoms with Crippen LogP contribution in [-0.2, 0) is 10.5 Å². The van der Waals surface area contributed by atoms with Crippen LogP contribution >= 0.6 is 23.1 Å². The topological polar surface area (TPSA) is 46.5 Å². The molecule has 0 saturated carbocycles. The van der Waals surface area contributed by atoms with Gasteiger partial charge in [0.2, 0.25) is 0 Å². The van der Waals surface area contributed by atoms with E-state index in [0.717, 1.165) is 9.96 Å². The first kappa shape index (κ1) is 13.0. The van der Waals surface area contributed by atoms with E-state index >= 15 is 0 Å².